The van der Waals surface area contributed by atoms with Crippen LogP contribution in [0.3, 0.4) is 0 Å². The fourth-order valence-corrected chi connectivity index (χ4v) is 2.36. The third-order valence-corrected chi connectivity index (χ3v) is 3.35. The van der Waals surface area contributed by atoms with Gasteiger partial charge in [-0.15, -0.1) is 10.2 Å². The fourth-order valence-electron chi connectivity index (χ4n) is 2.36. The second-order valence-electron chi connectivity index (χ2n) is 4.77. The Balaban J connectivity index is 2.01. The number of aromatic nitrogens is 2. The Labute approximate surface area is 113 Å². The van der Waals surface area contributed by atoms with Crippen molar-refractivity contribution in [1.82, 2.24) is 15.1 Å². The zero-order valence-electron chi connectivity index (χ0n) is 11.4. The van der Waals surface area contributed by atoms with Gasteiger partial charge in [-0.2, -0.15) is 0 Å². The van der Waals surface area contributed by atoms with Crippen LogP contribution in [0.2, 0.25) is 0 Å². The molecule has 1 fully saturated rings. The predicted molar refractivity (Wildman–Crippen MR) is 72.1 cm³/mol. The van der Waals surface area contributed by atoms with Crippen LogP contribution in [0.5, 0.6) is 0 Å². The average Bonchev–Trinajstić information content (AvgIpc) is 2.47. The van der Waals surface area contributed by atoms with Crippen molar-refractivity contribution in [3.05, 3.63) is 17.8 Å². The molecule has 0 bridgehead atoms. The first-order valence-corrected chi connectivity index (χ1v) is 6.54. The van der Waals surface area contributed by atoms with E-state index in [1.807, 2.05) is 4.90 Å². The van der Waals surface area contributed by atoms with E-state index in [1.54, 1.807) is 26.3 Å². The number of hydrogen-bond acceptors (Lipinski definition) is 5. The molecule has 19 heavy (non-hydrogen) atoms. The number of piperidine rings is 1. The molecule has 1 aliphatic heterocycles. The molecule has 6 heteroatoms. The number of carbonyl (C=O) groups is 1. The fraction of sp³-hybridized carbons (Fsp3) is 0.615. The van der Waals surface area contributed by atoms with Gasteiger partial charge >= 0.3 is 0 Å². The van der Waals surface area contributed by atoms with E-state index in [0.29, 0.717) is 24.0 Å². The van der Waals surface area contributed by atoms with Gasteiger partial charge in [0.05, 0.1) is 6.61 Å². The minimum Gasteiger partial charge on any atom is -0.384 e. The molecule has 0 saturated carbocycles. The number of methoxy groups -OCH3 is 1. The van der Waals surface area contributed by atoms with E-state index in [0.717, 1.165) is 25.9 Å². The van der Waals surface area contributed by atoms with Gasteiger partial charge in [0.25, 0.3) is 5.91 Å². The van der Waals surface area contributed by atoms with Gasteiger partial charge in [0.2, 0.25) is 0 Å². The largest absolute Gasteiger partial charge is 0.384 e. The highest BCUT2D eigenvalue weighted by Gasteiger charge is 2.25. The maximum atomic E-state index is 12.3. The van der Waals surface area contributed by atoms with Gasteiger partial charge < -0.3 is 15.0 Å². The first-order chi connectivity index (χ1) is 9.24. The van der Waals surface area contributed by atoms with Crippen molar-refractivity contribution in [3.63, 3.8) is 0 Å². The number of amides is 1. The van der Waals surface area contributed by atoms with Gasteiger partial charge in [-0.25, -0.2) is 0 Å². The van der Waals surface area contributed by atoms with E-state index < -0.39 is 0 Å². The third-order valence-electron chi connectivity index (χ3n) is 3.35. The summed E-state index contributed by atoms with van der Waals surface area (Å²) in [4.78, 5) is 14.2. The molecule has 0 spiro atoms. The summed E-state index contributed by atoms with van der Waals surface area (Å²) in [6.07, 6.45) is 2.13. The predicted octanol–water partition coefficient (Wildman–Crippen LogP) is 1.02. The third kappa shape index (κ3) is 3.41. The molecular weight excluding hydrogens is 244 g/mol. The molecule has 1 atom stereocenters. The molecule has 2 heterocycles. The summed E-state index contributed by atoms with van der Waals surface area (Å²) in [7, 11) is 3.47. The smallest absolute Gasteiger partial charge is 0.274 e. The summed E-state index contributed by atoms with van der Waals surface area (Å²) in [6, 6.07) is 3.47. The lowest BCUT2D eigenvalue weighted by Gasteiger charge is -2.32. The van der Waals surface area contributed by atoms with Crippen LogP contribution < -0.4 is 5.32 Å². The van der Waals surface area contributed by atoms with E-state index in [9.17, 15) is 4.79 Å². The summed E-state index contributed by atoms with van der Waals surface area (Å²) >= 11 is 0. The van der Waals surface area contributed by atoms with Gasteiger partial charge in [0.15, 0.2) is 5.69 Å². The molecule has 1 aliphatic rings. The normalized spacial score (nSPS) is 19.3. The van der Waals surface area contributed by atoms with Crippen molar-refractivity contribution in [3.8, 4) is 0 Å². The number of hydrogen-bond donors (Lipinski definition) is 1. The van der Waals surface area contributed by atoms with Gasteiger partial charge in [0.1, 0.15) is 5.82 Å². The molecule has 2 rings (SSSR count). The van der Waals surface area contributed by atoms with Crippen molar-refractivity contribution in [1.29, 1.82) is 0 Å². The number of likely N-dealkylation sites (tertiary alicyclic amines) is 1. The molecule has 6 nitrogen and oxygen atoms in total. The van der Waals surface area contributed by atoms with E-state index in [-0.39, 0.29) is 5.91 Å². The quantitative estimate of drug-likeness (QED) is 0.879. The summed E-state index contributed by atoms with van der Waals surface area (Å²) in [5.41, 5.74) is 0.400. The van der Waals surface area contributed by atoms with Gasteiger partial charge in [-0.1, -0.05) is 0 Å². The molecule has 0 radical (unpaired) electrons. The Bertz CT molecular complexity index is 419. The summed E-state index contributed by atoms with van der Waals surface area (Å²) < 4.78 is 5.17. The lowest BCUT2D eigenvalue weighted by atomic mass is 9.99. The number of nitrogens with zero attached hydrogens (tertiary/aromatic N) is 3. The molecule has 1 aromatic heterocycles. The van der Waals surface area contributed by atoms with Gasteiger partial charge in [-0.3, -0.25) is 4.79 Å². The number of anilines is 1. The van der Waals surface area contributed by atoms with Crippen molar-refractivity contribution in [2.24, 2.45) is 5.92 Å². The number of carbonyl (C=O) groups excluding carboxylic acids is 1. The van der Waals surface area contributed by atoms with Crippen LogP contribution in [0.25, 0.3) is 0 Å². The Kier molecular flexibility index (Phi) is 4.68. The molecule has 104 valence electrons. The molecule has 1 N–H and O–H groups in total. The first-order valence-electron chi connectivity index (χ1n) is 6.54. The Morgan fingerprint density at radius 2 is 2.37 bits per heavy atom. The van der Waals surface area contributed by atoms with Gasteiger partial charge in [-0.05, 0) is 30.9 Å². The monoisotopic (exact) mass is 264 g/mol. The Hall–Kier alpha value is -1.69. The van der Waals surface area contributed by atoms with Crippen LogP contribution in [0, 0.1) is 5.92 Å². The Morgan fingerprint density at radius 1 is 1.53 bits per heavy atom. The zero-order valence-corrected chi connectivity index (χ0v) is 11.4. The lowest BCUT2D eigenvalue weighted by molar-refractivity contribution is 0.0564. The second kappa shape index (κ2) is 6.47. The van der Waals surface area contributed by atoms with E-state index in [1.165, 1.54) is 0 Å². The van der Waals surface area contributed by atoms with E-state index >= 15 is 0 Å². The highest BCUT2D eigenvalue weighted by molar-refractivity contribution is 5.92. The zero-order chi connectivity index (χ0) is 13.7. The summed E-state index contributed by atoms with van der Waals surface area (Å²) in [5.74, 6) is 1.04. The highest BCUT2D eigenvalue weighted by atomic mass is 16.5. The SMILES string of the molecule is CNc1ccc(C(=O)N2CCCC(COC)C2)nn1. The lowest BCUT2D eigenvalue weighted by Crippen LogP contribution is -2.41. The van der Waals surface area contributed by atoms with Crippen LogP contribution in [0.1, 0.15) is 23.3 Å². The highest BCUT2D eigenvalue weighted by Crippen LogP contribution is 2.18. The summed E-state index contributed by atoms with van der Waals surface area (Å²) in [5, 5.41) is 10.8. The first kappa shape index (κ1) is 13.7. The minimum atomic E-state index is -0.0454. The van der Waals surface area contributed by atoms with Crippen molar-refractivity contribution in [2.45, 2.75) is 12.8 Å². The van der Waals surface area contributed by atoms with Gasteiger partial charge in [0, 0.05) is 27.2 Å². The minimum absolute atomic E-state index is 0.0454. The molecule has 1 aromatic rings. The summed E-state index contributed by atoms with van der Waals surface area (Å²) in [6.45, 7) is 2.23. The van der Waals surface area contributed by atoms with Crippen molar-refractivity contribution < 1.29 is 9.53 Å². The Morgan fingerprint density at radius 3 is 3.00 bits per heavy atom. The van der Waals surface area contributed by atoms with Crippen LogP contribution in [-0.4, -0.2) is 54.9 Å². The van der Waals surface area contributed by atoms with Crippen LogP contribution in [0.4, 0.5) is 5.82 Å². The second-order valence-corrected chi connectivity index (χ2v) is 4.77. The number of ether oxygens (including phenoxy) is 1. The molecule has 1 unspecified atom stereocenters. The van der Waals surface area contributed by atoms with E-state index in [2.05, 4.69) is 15.5 Å². The molecular formula is C13H20N4O2. The average molecular weight is 264 g/mol. The number of nitrogens with one attached hydrogen (secondary N) is 1. The van der Waals surface area contributed by atoms with Crippen LogP contribution >= 0.6 is 0 Å². The van der Waals surface area contributed by atoms with Crippen LogP contribution in [-0.2, 0) is 4.74 Å². The van der Waals surface area contributed by atoms with Crippen molar-refractivity contribution >= 4 is 11.7 Å². The van der Waals surface area contributed by atoms with Crippen molar-refractivity contribution in [2.75, 3.05) is 39.2 Å². The maximum absolute atomic E-state index is 12.3. The van der Waals surface area contributed by atoms with Crippen LogP contribution in [0.15, 0.2) is 12.1 Å². The maximum Gasteiger partial charge on any atom is 0.274 e. The molecule has 0 aromatic carbocycles. The molecule has 1 amide bonds. The molecule has 1 saturated heterocycles. The topological polar surface area (TPSA) is 67.4 Å². The molecule has 0 aliphatic carbocycles. The standard InChI is InChI=1S/C13H20N4O2/c1-14-12-6-5-11(15-16-12)13(18)17-7-3-4-10(8-17)9-19-2/h5-6,10H,3-4,7-9H2,1-2H3,(H,14,16). The van der Waals surface area contributed by atoms with E-state index in [4.69, 9.17) is 4.74 Å². The number of rotatable bonds is 4.